The summed E-state index contributed by atoms with van der Waals surface area (Å²) in [6, 6.07) is 0. The van der Waals surface area contributed by atoms with E-state index in [1.165, 1.54) is 0 Å². The van der Waals surface area contributed by atoms with Gasteiger partial charge in [0.1, 0.15) is 11.2 Å². The maximum Gasteiger partial charge on any atom is 0.198 e. The summed E-state index contributed by atoms with van der Waals surface area (Å²) in [5.74, 6) is 0.922. The van der Waals surface area contributed by atoms with Gasteiger partial charge in [0, 0.05) is 5.92 Å². The second kappa shape index (κ2) is 4.01. The summed E-state index contributed by atoms with van der Waals surface area (Å²) in [7, 11) is 0. The molecule has 5 nitrogen and oxygen atoms in total. The number of carbonyl (C=O) groups excluding carboxylic acids is 1. The zero-order valence-corrected chi connectivity index (χ0v) is 9.02. The lowest BCUT2D eigenvalue weighted by Crippen LogP contribution is -2.28. The van der Waals surface area contributed by atoms with Gasteiger partial charge in [-0.2, -0.15) is 0 Å². The summed E-state index contributed by atoms with van der Waals surface area (Å²) < 4.78 is 0. The molecule has 1 aliphatic heterocycles. The van der Waals surface area contributed by atoms with Crippen LogP contribution < -0.4 is 10.8 Å². The molecular weight excluding hydrogens is 216 g/mol. The van der Waals surface area contributed by atoms with Crippen LogP contribution >= 0.6 is 0 Å². The first-order valence-corrected chi connectivity index (χ1v) is 5.44. The van der Waals surface area contributed by atoms with E-state index in [1.54, 1.807) is 6.20 Å². The highest BCUT2D eigenvalue weighted by Crippen LogP contribution is 2.19. The van der Waals surface area contributed by atoms with Crippen molar-refractivity contribution in [2.24, 2.45) is 9.98 Å². The molecule has 0 bridgehead atoms. The fourth-order valence-corrected chi connectivity index (χ4v) is 1.87. The van der Waals surface area contributed by atoms with Crippen LogP contribution in [0.5, 0.6) is 0 Å². The minimum absolute atomic E-state index is 0.191. The van der Waals surface area contributed by atoms with Crippen LogP contribution in [0.15, 0.2) is 40.5 Å². The molecule has 0 spiro atoms. The molecule has 0 aromatic carbocycles. The van der Waals surface area contributed by atoms with Crippen LogP contribution in [-0.2, 0) is 4.79 Å². The second-order valence-electron chi connectivity index (χ2n) is 3.90. The molecule has 2 aliphatic rings. The van der Waals surface area contributed by atoms with Gasteiger partial charge in [0.05, 0.1) is 6.20 Å². The third-order valence-corrected chi connectivity index (χ3v) is 2.73. The van der Waals surface area contributed by atoms with Gasteiger partial charge in [-0.05, 0) is 6.42 Å². The number of hydrogen-bond donors (Lipinski definition) is 0. The largest absolute Gasteiger partial charge is 0.299 e. The maximum atomic E-state index is 10.6. The smallest absolute Gasteiger partial charge is 0.198 e. The third kappa shape index (κ3) is 1.80. The molecule has 0 fully saturated rings. The van der Waals surface area contributed by atoms with Gasteiger partial charge in [-0.25, -0.2) is 20.0 Å². The van der Waals surface area contributed by atoms with Crippen molar-refractivity contribution in [3.05, 3.63) is 47.2 Å². The minimum Gasteiger partial charge on any atom is -0.299 e. The van der Waals surface area contributed by atoms with Crippen LogP contribution in [0.1, 0.15) is 18.2 Å². The molecular formula is C12H10N4O. The summed E-state index contributed by atoms with van der Waals surface area (Å²) in [6.45, 7) is 0. The normalized spacial score (nSPS) is 24.9. The van der Waals surface area contributed by atoms with Gasteiger partial charge in [0.15, 0.2) is 17.9 Å². The zero-order chi connectivity index (χ0) is 11.7. The molecule has 84 valence electrons. The molecule has 17 heavy (non-hydrogen) atoms. The fraction of sp³-hybridized carbons (Fsp3) is 0.250. The molecule has 2 unspecified atom stereocenters. The molecule has 2 heterocycles. The SMILES string of the molecule is O=CC1N=c2cnc(C3C=CC=CC3)nc2=N1. The Morgan fingerprint density at radius 1 is 1.29 bits per heavy atom. The van der Waals surface area contributed by atoms with Gasteiger partial charge in [-0.15, -0.1) is 0 Å². The number of fused-ring (bicyclic) bond motifs is 1. The van der Waals surface area contributed by atoms with Crippen LogP contribution in [0.4, 0.5) is 0 Å². The van der Waals surface area contributed by atoms with E-state index in [9.17, 15) is 4.79 Å². The van der Waals surface area contributed by atoms with E-state index in [4.69, 9.17) is 0 Å². The van der Waals surface area contributed by atoms with Crippen LogP contribution in [0.25, 0.3) is 0 Å². The van der Waals surface area contributed by atoms with E-state index < -0.39 is 6.17 Å². The number of hydrogen-bond acceptors (Lipinski definition) is 5. The van der Waals surface area contributed by atoms with Gasteiger partial charge in [0.25, 0.3) is 0 Å². The average Bonchev–Trinajstić information content (AvgIpc) is 2.81. The van der Waals surface area contributed by atoms with Crippen LogP contribution in [0.3, 0.4) is 0 Å². The molecule has 0 N–H and O–H groups in total. The van der Waals surface area contributed by atoms with Crippen molar-refractivity contribution < 1.29 is 4.79 Å². The van der Waals surface area contributed by atoms with Crippen molar-refractivity contribution in [2.45, 2.75) is 18.5 Å². The Kier molecular flexibility index (Phi) is 2.36. The molecule has 0 amide bonds. The highest BCUT2D eigenvalue weighted by Gasteiger charge is 2.15. The van der Waals surface area contributed by atoms with E-state index >= 15 is 0 Å². The van der Waals surface area contributed by atoms with Crippen molar-refractivity contribution >= 4 is 6.29 Å². The molecule has 0 saturated carbocycles. The van der Waals surface area contributed by atoms with Crippen molar-refractivity contribution in [3.63, 3.8) is 0 Å². The molecule has 1 aliphatic carbocycles. The van der Waals surface area contributed by atoms with E-state index in [0.717, 1.165) is 12.2 Å². The summed E-state index contributed by atoms with van der Waals surface area (Å²) in [5.41, 5.74) is 0.523. The predicted octanol–water partition coefficient (Wildman–Crippen LogP) is -0.146. The number of aromatic nitrogens is 2. The topological polar surface area (TPSA) is 67.6 Å². The highest BCUT2D eigenvalue weighted by molar-refractivity contribution is 5.57. The zero-order valence-electron chi connectivity index (χ0n) is 9.02. The van der Waals surface area contributed by atoms with Crippen molar-refractivity contribution in [1.29, 1.82) is 0 Å². The molecule has 3 rings (SSSR count). The van der Waals surface area contributed by atoms with Crippen molar-refractivity contribution in [1.82, 2.24) is 9.97 Å². The first-order chi connectivity index (χ1) is 8.36. The third-order valence-electron chi connectivity index (χ3n) is 2.73. The number of rotatable bonds is 2. The van der Waals surface area contributed by atoms with E-state index in [0.29, 0.717) is 17.1 Å². The standard InChI is InChI=1S/C12H10N4O/c17-7-10-14-9-6-13-11(16-12(9)15-10)8-4-2-1-3-5-8/h1-4,6-8,10H,5H2. The summed E-state index contributed by atoms with van der Waals surface area (Å²) in [4.78, 5) is 27.4. The first kappa shape index (κ1) is 10.0. The number of allylic oxidation sites excluding steroid dienone is 4. The van der Waals surface area contributed by atoms with Crippen LogP contribution in [-0.4, -0.2) is 22.4 Å². The van der Waals surface area contributed by atoms with Crippen molar-refractivity contribution in [2.75, 3.05) is 0 Å². The second-order valence-corrected chi connectivity index (χ2v) is 3.90. The van der Waals surface area contributed by atoms with Crippen LogP contribution in [0.2, 0.25) is 0 Å². The average molecular weight is 226 g/mol. The fourth-order valence-electron chi connectivity index (χ4n) is 1.87. The Morgan fingerprint density at radius 3 is 3.00 bits per heavy atom. The Morgan fingerprint density at radius 2 is 2.24 bits per heavy atom. The molecule has 2 atom stereocenters. The molecule has 0 radical (unpaired) electrons. The van der Waals surface area contributed by atoms with Gasteiger partial charge >= 0.3 is 0 Å². The first-order valence-electron chi connectivity index (χ1n) is 5.44. The van der Waals surface area contributed by atoms with Crippen molar-refractivity contribution in [3.8, 4) is 0 Å². The molecule has 5 heteroatoms. The summed E-state index contributed by atoms with van der Waals surface area (Å²) in [6.07, 6.45) is 10.7. The quantitative estimate of drug-likeness (QED) is 0.659. The van der Waals surface area contributed by atoms with E-state index in [2.05, 4.69) is 32.1 Å². The Labute approximate surface area is 97.4 Å². The molecule has 1 aromatic heterocycles. The van der Waals surface area contributed by atoms with Gasteiger partial charge in [-0.1, -0.05) is 24.3 Å². The number of aldehydes is 1. The van der Waals surface area contributed by atoms with Gasteiger partial charge < -0.3 is 0 Å². The van der Waals surface area contributed by atoms with Crippen LogP contribution in [0, 0.1) is 0 Å². The van der Waals surface area contributed by atoms with E-state index in [1.807, 2.05) is 12.2 Å². The summed E-state index contributed by atoms with van der Waals surface area (Å²) in [5, 5.41) is 0.598. The predicted molar refractivity (Wildman–Crippen MR) is 59.8 cm³/mol. The number of carbonyl (C=O) groups is 1. The Hall–Kier alpha value is -2.17. The van der Waals surface area contributed by atoms with E-state index in [-0.39, 0.29) is 5.92 Å². The monoisotopic (exact) mass is 226 g/mol. The lowest BCUT2D eigenvalue weighted by Gasteiger charge is -2.09. The maximum absolute atomic E-state index is 10.6. The lowest BCUT2D eigenvalue weighted by atomic mass is 10.0. The molecule has 1 aromatic rings. The Bertz CT molecular complexity index is 632. The van der Waals surface area contributed by atoms with Gasteiger partial charge in [0.2, 0.25) is 0 Å². The lowest BCUT2D eigenvalue weighted by molar-refractivity contribution is -0.108. The van der Waals surface area contributed by atoms with Gasteiger partial charge in [-0.3, -0.25) is 4.79 Å². The summed E-state index contributed by atoms with van der Waals surface area (Å²) >= 11 is 0. The minimum atomic E-state index is -0.642. The highest BCUT2D eigenvalue weighted by atomic mass is 16.1. The Balaban J connectivity index is 2.01. The number of nitrogens with zero attached hydrogens (tertiary/aromatic N) is 4. The molecule has 0 saturated heterocycles.